The topological polar surface area (TPSA) is 75.7 Å². The molecule has 0 saturated carbocycles. The number of esters is 1. The molecule has 0 spiro atoms. The van der Waals surface area contributed by atoms with Gasteiger partial charge in [0.25, 0.3) is 5.91 Å². The molecule has 2 rings (SSSR count). The van der Waals surface area contributed by atoms with Crippen LogP contribution in [-0.4, -0.2) is 36.5 Å². The summed E-state index contributed by atoms with van der Waals surface area (Å²) >= 11 is 0. The molecule has 1 aliphatic rings. The monoisotopic (exact) mass is 290 g/mol. The van der Waals surface area contributed by atoms with Crippen molar-refractivity contribution in [1.29, 1.82) is 0 Å². The maximum atomic E-state index is 12.5. The van der Waals surface area contributed by atoms with Crippen molar-refractivity contribution < 1.29 is 19.1 Å². The number of nitrogens with one attached hydrogen (secondary N) is 1. The molecule has 1 fully saturated rings. The van der Waals surface area contributed by atoms with Crippen LogP contribution in [0, 0.1) is 6.92 Å². The maximum absolute atomic E-state index is 12.5. The van der Waals surface area contributed by atoms with E-state index in [0.29, 0.717) is 5.56 Å². The van der Waals surface area contributed by atoms with Crippen molar-refractivity contribution in [2.75, 3.05) is 13.7 Å². The quantitative estimate of drug-likeness (QED) is 0.670. The maximum Gasteiger partial charge on any atom is 0.325 e. The Bertz CT molecular complexity index is 582. The number of benzene rings is 1. The van der Waals surface area contributed by atoms with Crippen LogP contribution in [0.1, 0.15) is 24.5 Å². The standard InChI is InChI=1S/C15H18N2O4/c1-10-4-6-11(7-5-10)15(2)13(19)17(14(20)16-15)9-8-12(18)21-3/h4-7H,8-9H2,1-3H3,(H,16,20)/t15-/m1/s1. The fourth-order valence-electron chi connectivity index (χ4n) is 2.29. The van der Waals surface area contributed by atoms with Gasteiger partial charge in [0, 0.05) is 6.54 Å². The number of carbonyl (C=O) groups is 3. The molecule has 6 nitrogen and oxygen atoms in total. The predicted molar refractivity (Wildman–Crippen MR) is 75.4 cm³/mol. The molecule has 21 heavy (non-hydrogen) atoms. The van der Waals surface area contributed by atoms with Crippen molar-refractivity contribution in [3.8, 4) is 0 Å². The van der Waals surface area contributed by atoms with E-state index >= 15 is 0 Å². The Labute approximate surface area is 123 Å². The normalized spacial score (nSPS) is 21.4. The van der Waals surface area contributed by atoms with Crippen LogP contribution < -0.4 is 5.32 Å². The molecule has 1 aromatic carbocycles. The third-order valence-electron chi connectivity index (χ3n) is 3.67. The van der Waals surface area contributed by atoms with Crippen LogP contribution in [0.3, 0.4) is 0 Å². The highest BCUT2D eigenvalue weighted by molar-refractivity contribution is 6.07. The van der Waals surface area contributed by atoms with Crippen molar-refractivity contribution in [3.05, 3.63) is 35.4 Å². The number of ether oxygens (including phenoxy) is 1. The molecule has 1 saturated heterocycles. The van der Waals surface area contributed by atoms with Crippen LogP contribution in [-0.2, 0) is 19.9 Å². The van der Waals surface area contributed by atoms with E-state index in [1.54, 1.807) is 6.92 Å². The van der Waals surface area contributed by atoms with Gasteiger partial charge >= 0.3 is 12.0 Å². The first-order valence-corrected chi connectivity index (χ1v) is 6.66. The van der Waals surface area contributed by atoms with E-state index in [1.807, 2.05) is 31.2 Å². The summed E-state index contributed by atoms with van der Waals surface area (Å²) in [6, 6.07) is 6.91. The Morgan fingerprint density at radius 1 is 1.29 bits per heavy atom. The summed E-state index contributed by atoms with van der Waals surface area (Å²) in [6.07, 6.45) is -0.0142. The van der Waals surface area contributed by atoms with Crippen molar-refractivity contribution in [2.24, 2.45) is 0 Å². The average molecular weight is 290 g/mol. The number of nitrogens with zero attached hydrogens (tertiary/aromatic N) is 1. The van der Waals surface area contributed by atoms with Gasteiger partial charge in [0.2, 0.25) is 0 Å². The third kappa shape index (κ3) is 2.74. The van der Waals surface area contributed by atoms with E-state index in [0.717, 1.165) is 10.5 Å². The molecule has 1 heterocycles. The molecule has 3 amide bonds. The van der Waals surface area contributed by atoms with E-state index in [2.05, 4.69) is 10.1 Å². The second kappa shape index (κ2) is 5.55. The second-order valence-corrected chi connectivity index (χ2v) is 5.20. The zero-order chi connectivity index (χ0) is 15.6. The lowest BCUT2D eigenvalue weighted by molar-refractivity contribution is -0.141. The summed E-state index contributed by atoms with van der Waals surface area (Å²) < 4.78 is 4.52. The average Bonchev–Trinajstić information content (AvgIpc) is 2.68. The number of imide groups is 1. The minimum atomic E-state index is -1.10. The molecular formula is C15H18N2O4. The van der Waals surface area contributed by atoms with Gasteiger partial charge < -0.3 is 10.1 Å². The van der Waals surface area contributed by atoms with Crippen LogP contribution >= 0.6 is 0 Å². The summed E-state index contributed by atoms with van der Waals surface area (Å²) in [5.74, 6) is -0.820. The van der Waals surface area contributed by atoms with Gasteiger partial charge in [0.15, 0.2) is 0 Å². The molecule has 0 radical (unpaired) electrons. The first kappa shape index (κ1) is 15.0. The molecule has 1 aliphatic heterocycles. The van der Waals surface area contributed by atoms with Crippen LogP contribution in [0.15, 0.2) is 24.3 Å². The lowest BCUT2D eigenvalue weighted by Crippen LogP contribution is -2.41. The van der Waals surface area contributed by atoms with Crippen LogP contribution in [0.4, 0.5) is 4.79 Å². The number of hydrogen-bond acceptors (Lipinski definition) is 4. The number of methoxy groups -OCH3 is 1. The first-order chi connectivity index (χ1) is 9.88. The zero-order valence-electron chi connectivity index (χ0n) is 12.3. The van der Waals surface area contributed by atoms with Crippen molar-refractivity contribution >= 4 is 17.9 Å². The first-order valence-electron chi connectivity index (χ1n) is 6.66. The van der Waals surface area contributed by atoms with E-state index in [4.69, 9.17) is 0 Å². The predicted octanol–water partition coefficient (Wildman–Crippen LogP) is 1.33. The summed E-state index contributed by atoms with van der Waals surface area (Å²) in [7, 11) is 1.27. The van der Waals surface area contributed by atoms with Gasteiger partial charge in [0.05, 0.1) is 13.5 Å². The molecule has 1 N–H and O–H groups in total. The van der Waals surface area contributed by atoms with Gasteiger partial charge in [0.1, 0.15) is 5.54 Å². The number of hydrogen-bond donors (Lipinski definition) is 1. The van der Waals surface area contributed by atoms with Crippen LogP contribution in [0.5, 0.6) is 0 Å². The Balaban J connectivity index is 2.20. The second-order valence-electron chi connectivity index (χ2n) is 5.20. The van der Waals surface area contributed by atoms with Gasteiger partial charge in [-0.2, -0.15) is 0 Å². The molecule has 6 heteroatoms. The summed E-state index contributed by atoms with van der Waals surface area (Å²) in [6.45, 7) is 3.62. The summed E-state index contributed by atoms with van der Waals surface area (Å²) in [4.78, 5) is 36.7. The van der Waals surface area contributed by atoms with Gasteiger partial charge in [-0.15, -0.1) is 0 Å². The third-order valence-corrected chi connectivity index (χ3v) is 3.67. The molecule has 0 aliphatic carbocycles. The van der Waals surface area contributed by atoms with Crippen LogP contribution in [0.2, 0.25) is 0 Å². The number of carbonyl (C=O) groups excluding carboxylic acids is 3. The molecular weight excluding hydrogens is 272 g/mol. The van der Waals surface area contributed by atoms with Crippen molar-refractivity contribution in [1.82, 2.24) is 10.2 Å². The molecule has 1 atom stereocenters. The van der Waals surface area contributed by atoms with E-state index in [9.17, 15) is 14.4 Å². The lowest BCUT2D eigenvalue weighted by Gasteiger charge is -2.22. The number of rotatable bonds is 4. The fourth-order valence-corrected chi connectivity index (χ4v) is 2.29. The molecule has 112 valence electrons. The van der Waals surface area contributed by atoms with Crippen LogP contribution in [0.25, 0.3) is 0 Å². The summed E-state index contributed by atoms with van der Waals surface area (Å²) in [5.41, 5.74) is 0.689. The molecule has 0 aromatic heterocycles. The number of aryl methyl sites for hydroxylation is 1. The summed E-state index contributed by atoms with van der Waals surface area (Å²) in [5, 5.41) is 2.69. The van der Waals surface area contributed by atoms with Crippen molar-refractivity contribution in [2.45, 2.75) is 25.8 Å². The highest BCUT2D eigenvalue weighted by Crippen LogP contribution is 2.29. The SMILES string of the molecule is COC(=O)CCN1C(=O)N[C@](C)(c2ccc(C)cc2)C1=O. The Morgan fingerprint density at radius 2 is 1.90 bits per heavy atom. The van der Waals surface area contributed by atoms with E-state index < -0.39 is 17.5 Å². The minimum Gasteiger partial charge on any atom is -0.469 e. The highest BCUT2D eigenvalue weighted by atomic mass is 16.5. The zero-order valence-corrected chi connectivity index (χ0v) is 12.3. The number of urea groups is 1. The highest BCUT2D eigenvalue weighted by Gasteiger charge is 2.48. The van der Waals surface area contributed by atoms with Gasteiger partial charge in [-0.05, 0) is 19.4 Å². The van der Waals surface area contributed by atoms with E-state index in [-0.39, 0.29) is 18.9 Å². The smallest absolute Gasteiger partial charge is 0.325 e. The Hall–Kier alpha value is -2.37. The van der Waals surface area contributed by atoms with Gasteiger partial charge in [-0.25, -0.2) is 4.79 Å². The lowest BCUT2D eigenvalue weighted by atomic mass is 9.91. The van der Waals surface area contributed by atoms with Crippen molar-refractivity contribution in [3.63, 3.8) is 0 Å². The largest absolute Gasteiger partial charge is 0.469 e. The molecule has 0 bridgehead atoms. The Morgan fingerprint density at radius 3 is 2.48 bits per heavy atom. The molecule has 1 aromatic rings. The fraction of sp³-hybridized carbons (Fsp3) is 0.400. The number of amides is 3. The minimum absolute atomic E-state index is 0.0127. The van der Waals surface area contributed by atoms with Gasteiger partial charge in [-0.1, -0.05) is 29.8 Å². The molecule has 0 unspecified atom stereocenters. The Kier molecular flexibility index (Phi) is 3.97. The van der Waals surface area contributed by atoms with Gasteiger partial charge in [-0.3, -0.25) is 14.5 Å². The van der Waals surface area contributed by atoms with E-state index in [1.165, 1.54) is 7.11 Å².